The molecule has 30 heavy (non-hydrogen) atoms. The normalized spacial score (nSPS) is 17.2. The Labute approximate surface area is 185 Å². The van der Waals surface area contributed by atoms with E-state index in [4.69, 9.17) is 4.74 Å². The lowest BCUT2D eigenvalue weighted by Crippen LogP contribution is -2.53. The monoisotopic (exact) mass is 504 g/mol. The van der Waals surface area contributed by atoms with Gasteiger partial charge in [0, 0.05) is 21.4 Å². The number of hydrogen-bond acceptors (Lipinski definition) is 3. The summed E-state index contributed by atoms with van der Waals surface area (Å²) in [5.74, 6) is -0.354. The second kappa shape index (κ2) is 8.28. The van der Waals surface area contributed by atoms with Gasteiger partial charge in [-0.3, -0.25) is 4.21 Å². The molecule has 0 bridgehead atoms. The molecule has 0 fully saturated rings. The molecule has 3 nitrogen and oxygen atoms in total. The van der Waals surface area contributed by atoms with Gasteiger partial charge in [-0.05, 0) is 48.6 Å². The van der Waals surface area contributed by atoms with E-state index in [-0.39, 0.29) is 4.90 Å². The van der Waals surface area contributed by atoms with E-state index in [1.165, 1.54) is 12.1 Å². The second-order valence-electron chi connectivity index (χ2n) is 8.43. The number of benzene rings is 2. The minimum Gasteiger partial charge on any atom is -0.493 e. The van der Waals surface area contributed by atoms with E-state index in [0.29, 0.717) is 24.3 Å². The van der Waals surface area contributed by atoms with Crippen LogP contribution in [0, 0.1) is 6.92 Å². The molecule has 0 aromatic heterocycles. The quantitative estimate of drug-likeness (QED) is 0.567. The maximum Gasteiger partial charge on any atom is 0.418 e. The Balaban J connectivity index is 1.94. The molecule has 1 aliphatic rings. The number of hydrogen-bond donors (Lipinski definition) is 1. The number of alkyl halides is 3. The Morgan fingerprint density at radius 3 is 2.40 bits per heavy atom. The Bertz CT molecular complexity index is 957. The number of fused-ring (bicyclic) bond motifs is 1. The highest BCUT2D eigenvalue weighted by atomic mass is 79.9. The van der Waals surface area contributed by atoms with Crippen LogP contribution in [0.5, 0.6) is 5.75 Å². The van der Waals surface area contributed by atoms with E-state index in [1.807, 2.05) is 13.0 Å². The SMILES string of the molecule is Cc1ccc(S(=O)CC(O)(CC(C)(C)c2cc(Br)cc3c2OCC3)C(F)(F)F)cc1. The van der Waals surface area contributed by atoms with Crippen molar-refractivity contribution in [3.05, 3.63) is 57.6 Å². The predicted molar refractivity (Wildman–Crippen MR) is 114 cm³/mol. The summed E-state index contributed by atoms with van der Waals surface area (Å²) in [6, 6.07) is 10.1. The first-order valence-corrected chi connectivity index (χ1v) is 11.6. The van der Waals surface area contributed by atoms with Crippen LogP contribution in [-0.2, 0) is 22.6 Å². The molecule has 0 amide bonds. The van der Waals surface area contributed by atoms with Gasteiger partial charge in [-0.1, -0.05) is 47.5 Å². The molecule has 1 N–H and O–H groups in total. The van der Waals surface area contributed by atoms with Crippen LogP contribution in [0.15, 0.2) is 45.8 Å². The zero-order chi connectivity index (χ0) is 22.3. The lowest BCUT2D eigenvalue weighted by Gasteiger charge is -2.38. The van der Waals surface area contributed by atoms with Gasteiger partial charge in [0.15, 0.2) is 5.60 Å². The summed E-state index contributed by atoms with van der Waals surface area (Å²) < 4.78 is 61.2. The fraction of sp³-hybridized carbons (Fsp3) is 0.455. The summed E-state index contributed by atoms with van der Waals surface area (Å²) >= 11 is 3.42. The van der Waals surface area contributed by atoms with Crippen molar-refractivity contribution in [3.63, 3.8) is 0 Å². The van der Waals surface area contributed by atoms with Gasteiger partial charge >= 0.3 is 6.18 Å². The van der Waals surface area contributed by atoms with Crippen LogP contribution in [-0.4, -0.2) is 33.5 Å². The van der Waals surface area contributed by atoms with Crippen molar-refractivity contribution in [2.75, 3.05) is 12.4 Å². The van der Waals surface area contributed by atoms with Crippen molar-refractivity contribution in [1.82, 2.24) is 0 Å². The topological polar surface area (TPSA) is 46.5 Å². The Morgan fingerprint density at radius 1 is 1.17 bits per heavy atom. The largest absolute Gasteiger partial charge is 0.493 e. The van der Waals surface area contributed by atoms with Gasteiger partial charge in [0.05, 0.1) is 23.2 Å². The fourth-order valence-electron chi connectivity index (χ4n) is 3.82. The summed E-state index contributed by atoms with van der Waals surface area (Å²) in [4.78, 5) is 0.257. The van der Waals surface area contributed by atoms with E-state index in [2.05, 4.69) is 15.9 Å². The van der Waals surface area contributed by atoms with Gasteiger partial charge in [0.1, 0.15) is 5.75 Å². The molecule has 0 spiro atoms. The van der Waals surface area contributed by atoms with Crippen LogP contribution in [0.3, 0.4) is 0 Å². The van der Waals surface area contributed by atoms with Crippen molar-refractivity contribution in [3.8, 4) is 5.75 Å². The lowest BCUT2D eigenvalue weighted by atomic mass is 9.74. The van der Waals surface area contributed by atoms with Crippen molar-refractivity contribution in [2.45, 2.75) is 55.7 Å². The molecule has 2 aromatic rings. The van der Waals surface area contributed by atoms with E-state index in [9.17, 15) is 22.5 Å². The van der Waals surface area contributed by atoms with E-state index >= 15 is 0 Å². The van der Waals surface area contributed by atoms with Crippen LogP contribution in [0.4, 0.5) is 13.2 Å². The van der Waals surface area contributed by atoms with Crippen molar-refractivity contribution in [2.24, 2.45) is 0 Å². The van der Waals surface area contributed by atoms with Gasteiger partial charge in [-0.25, -0.2) is 0 Å². The first kappa shape index (κ1) is 23.3. The third kappa shape index (κ3) is 4.75. The average Bonchev–Trinajstić information content (AvgIpc) is 3.08. The maximum absolute atomic E-state index is 14.0. The predicted octanol–water partition coefficient (Wildman–Crippen LogP) is 5.46. The third-order valence-electron chi connectivity index (χ3n) is 5.39. The van der Waals surface area contributed by atoms with Crippen LogP contribution >= 0.6 is 15.9 Å². The number of halogens is 4. The fourth-order valence-corrected chi connectivity index (χ4v) is 5.63. The molecular formula is C22H24BrF3O3S. The molecule has 0 radical (unpaired) electrons. The third-order valence-corrected chi connectivity index (χ3v) is 7.39. The zero-order valence-corrected chi connectivity index (χ0v) is 19.4. The molecular weight excluding hydrogens is 481 g/mol. The highest BCUT2D eigenvalue weighted by Crippen LogP contribution is 2.46. The Kier molecular flexibility index (Phi) is 6.43. The molecule has 2 unspecified atom stereocenters. The standard InChI is InChI=1S/C22H24BrF3O3S/c1-14-4-6-17(7-5-14)30(28)13-21(27,22(24,25)26)12-20(2,3)18-11-16(23)10-15-8-9-29-19(15)18/h4-7,10-11,27H,8-9,12-13H2,1-3H3. The molecule has 3 rings (SSSR count). The Hall–Kier alpha value is -1.38. The summed E-state index contributed by atoms with van der Waals surface area (Å²) in [7, 11) is -2.01. The number of rotatable bonds is 6. The number of aryl methyl sites for hydroxylation is 1. The van der Waals surface area contributed by atoms with E-state index < -0.39 is 40.2 Å². The zero-order valence-electron chi connectivity index (χ0n) is 17.0. The summed E-state index contributed by atoms with van der Waals surface area (Å²) in [5.41, 5.74) is -1.79. The average molecular weight is 505 g/mol. The van der Waals surface area contributed by atoms with Gasteiger partial charge < -0.3 is 9.84 Å². The van der Waals surface area contributed by atoms with Gasteiger partial charge in [0.2, 0.25) is 0 Å². The molecule has 0 saturated heterocycles. The smallest absolute Gasteiger partial charge is 0.418 e. The van der Waals surface area contributed by atoms with Crippen LogP contribution in [0.25, 0.3) is 0 Å². The molecule has 0 saturated carbocycles. The molecule has 0 aliphatic carbocycles. The van der Waals surface area contributed by atoms with Gasteiger partial charge in [-0.2, -0.15) is 13.2 Å². The first-order valence-electron chi connectivity index (χ1n) is 9.52. The van der Waals surface area contributed by atoms with Crippen LogP contribution in [0.1, 0.15) is 37.0 Å². The molecule has 2 aromatic carbocycles. The minimum absolute atomic E-state index is 0.257. The molecule has 1 aliphatic heterocycles. The molecule has 2 atom stereocenters. The van der Waals surface area contributed by atoms with E-state index in [0.717, 1.165) is 15.6 Å². The van der Waals surface area contributed by atoms with Crippen LogP contribution in [0.2, 0.25) is 0 Å². The van der Waals surface area contributed by atoms with Crippen LogP contribution < -0.4 is 4.74 Å². The summed E-state index contributed by atoms with van der Waals surface area (Å²) in [6.07, 6.45) is -4.91. The van der Waals surface area contributed by atoms with Crippen molar-refractivity contribution < 1.29 is 27.2 Å². The number of ether oxygens (including phenoxy) is 1. The summed E-state index contributed by atoms with van der Waals surface area (Å²) in [6.45, 7) is 5.58. The van der Waals surface area contributed by atoms with Gasteiger partial charge in [-0.15, -0.1) is 0 Å². The first-order chi connectivity index (χ1) is 13.8. The van der Waals surface area contributed by atoms with Crippen molar-refractivity contribution in [1.29, 1.82) is 0 Å². The Morgan fingerprint density at radius 2 is 1.80 bits per heavy atom. The number of aliphatic hydroxyl groups is 1. The summed E-state index contributed by atoms with van der Waals surface area (Å²) in [5, 5.41) is 10.8. The molecule has 1 heterocycles. The molecule has 164 valence electrons. The highest BCUT2D eigenvalue weighted by molar-refractivity contribution is 9.10. The van der Waals surface area contributed by atoms with E-state index in [1.54, 1.807) is 32.0 Å². The lowest BCUT2D eigenvalue weighted by molar-refractivity contribution is -0.257. The molecule has 8 heteroatoms. The highest BCUT2D eigenvalue weighted by Gasteiger charge is 2.57. The van der Waals surface area contributed by atoms with Crippen molar-refractivity contribution >= 4 is 26.7 Å². The van der Waals surface area contributed by atoms with Gasteiger partial charge in [0.25, 0.3) is 0 Å². The maximum atomic E-state index is 14.0. The minimum atomic E-state index is -4.94. The second-order valence-corrected chi connectivity index (χ2v) is 10.8.